The van der Waals surface area contributed by atoms with Crippen molar-refractivity contribution in [3.05, 3.63) is 47.5 Å². The largest absolute Gasteiger partial charge is 0.115 e. The second-order valence-corrected chi connectivity index (χ2v) is 3.03. The van der Waals surface area contributed by atoms with E-state index < -0.39 is 0 Å². The molecule has 0 saturated carbocycles. The zero-order chi connectivity index (χ0) is 9.97. The molecule has 0 fully saturated rings. The van der Waals surface area contributed by atoms with E-state index >= 15 is 0 Å². The molecule has 0 heteroatoms. The lowest BCUT2D eigenvalue weighted by Crippen LogP contribution is -1.83. The monoisotopic (exact) mass is 176 g/mol. The first-order valence-corrected chi connectivity index (χ1v) is 4.31. The maximum Gasteiger partial charge on any atom is 0.0405 e. The van der Waals surface area contributed by atoms with Gasteiger partial charge in [0.15, 0.2) is 0 Å². The molecule has 0 N–H and O–H groups in total. The molecule has 2 aromatic rings. The molecule has 0 heterocycles. The minimum atomic E-state index is 0.784. The second-order valence-electron chi connectivity index (χ2n) is 3.03. The summed E-state index contributed by atoms with van der Waals surface area (Å²) in [4.78, 5) is 0. The Morgan fingerprint density at radius 1 is 0.786 bits per heavy atom. The van der Waals surface area contributed by atoms with Gasteiger partial charge in [0.25, 0.3) is 0 Å². The molecule has 0 unspecified atom stereocenters. The number of benzene rings is 2. The standard InChI is InChI=1S/C14H8/c1-3-11-9-13-7-5-6-8-14(13)10-12(11)4-2/h1-2,5-10H. The Bertz CT molecular complexity index is 510. The van der Waals surface area contributed by atoms with Gasteiger partial charge >= 0.3 is 0 Å². The van der Waals surface area contributed by atoms with Crippen molar-refractivity contribution in [1.29, 1.82) is 0 Å². The average Bonchev–Trinajstić information content (AvgIpc) is 2.27. The van der Waals surface area contributed by atoms with Gasteiger partial charge in [-0.3, -0.25) is 0 Å². The van der Waals surface area contributed by atoms with E-state index in [1.165, 1.54) is 0 Å². The lowest BCUT2D eigenvalue weighted by molar-refractivity contribution is 1.64. The van der Waals surface area contributed by atoms with E-state index in [2.05, 4.69) is 11.8 Å². The third-order valence-corrected chi connectivity index (χ3v) is 2.20. The summed E-state index contributed by atoms with van der Waals surface area (Å²) in [5.74, 6) is 5.19. The Morgan fingerprint density at radius 2 is 1.21 bits per heavy atom. The van der Waals surface area contributed by atoms with Crippen molar-refractivity contribution in [2.45, 2.75) is 0 Å². The molecule has 14 heavy (non-hydrogen) atoms. The fourth-order valence-corrected chi connectivity index (χ4v) is 1.48. The van der Waals surface area contributed by atoms with Gasteiger partial charge in [-0.2, -0.15) is 0 Å². The van der Waals surface area contributed by atoms with Crippen molar-refractivity contribution in [3.8, 4) is 24.7 Å². The number of fused-ring (bicyclic) bond motifs is 1. The average molecular weight is 176 g/mol. The third-order valence-electron chi connectivity index (χ3n) is 2.20. The molecule has 2 rings (SSSR count). The van der Waals surface area contributed by atoms with Crippen LogP contribution in [0.3, 0.4) is 0 Å². The quantitative estimate of drug-likeness (QED) is 0.541. The van der Waals surface area contributed by atoms with E-state index in [1.54, 1.807) is 0 Å². The molecule has 0 spiro atoms. The third kappa shape index (κ3) is 1.24. The predicted molar refractivity (Wildman–Crippen MR) is 59.8 cm³/mol. The van der Waals surface area contributed by atoms with Gasteiger partial charge in [0, 0.05) is 11.1 Å². The molecule has 0 aliphatic carbocycles. The minimum absolute atomic E-state index is 0.784. The van der Waals surface area contributed by atoms with Crippen LogP contribution in [0.4, 0.5) is 0 Å². The lowest BCUT2D eigenvalue weighted by atomic mass is 10.0. The fraction of sp³-hybridized carbons (Fsp3) is 0. The molecule has 0 bridgehead atoms. The number of terminal acetylenes is 2. The van der Waals surface area contributed by atoms with E-state index in [9.17, 15) is 0 Å². The summed E-state index contributed by atoms with van der Waals surface area (Å²) in [5, 5.41) is 2.25. The van der Waals surface area contributed by atoms with Crippen LogP contribution in [0.2, 0.25) is 0 Å². The van der Waals surface area contributed by atoms with Crippen LogP contribution in [0.25, 0.3) is 10.8 Å². The maximum atomic E-state index is 5.37. The summed E-state index contributed by atoms with van der Waals surface area (Å²) in [5.41, 5.74) is 1.57. The Hall–Kier alpha value is -2.18. The smallest absolute Gasteiger partial charge is 0.0405 e. The van der Waals surface area contributed by atoms with Crippen LogP contribution in [0.1, 0.15) is 11.1 Å². The summed E-state index contributed by atoms with van der Waals surface area (Å²) in [6, 6.07) is 11.9. The molecule has 0 aromatic heterocycles. The Morgan fingerprint density at radius 3 is 1.57 bits per heavy atom. The Balaban J connectivity index is 2.85. The van der Waals surface area contributed by atoms with Gasteiger partial charge in [-0.25, -0.2) is 0 Å². The predicted octanol–water partition coefficient (Wildman–Crippen LogP) is 2.80. The first-order valence-electron chi connectivity index (χ1n) is 4.31. The highest BCUT2D eigenvalue weighted by Crippen LogP contribution is 2.18. The van der Waals surface area contributed by atoms with Crippen LogP contribution in [-0.4, -0.2) is 0 Å². The van der Waals surface area contributed by atoms with Crippen LogP contribution in [0, 0.1) is 24.7 Å². The van der Waals surface area contributed by atoms with Gasteiger partial charge in [-0.15, -0.1) is 12.8 Å². The van der Waals surface area contributed by atoms with E-state index in [0.29, 0.717) is 0 Å². The van der Waals surface area contributed by atoms with Gasteiger partial charge in [-0.1, -0.05) is 36.1 Å². The van der Waals surface area contributed by atoms with E-state index in [0.717, 1.165) is 21.9 Å². The summed E-state index contributed by atoms with van der Waals surface area (Å²) < 4.78 is 0. The minimum Gasteiger partial charge on any atom is -0.115 e. The molecule has 0 nitrogen and oxygen atoms in total. The molecule has 0 amide bonds. The fourth-order valence-electron chi connectivity index (χ4n) is 1.48. The molecule has 0 saturated heterocycles. The number of hydrogen-bond donors (Lipinski definition) is 0. The molecule has 0 radical (unpaired) electrons. The molecule has 64 valence electrons. The summed E-state index contributed by atoms with van der Waals surface area (Å²) in [7, 11) is 0. The zero-order valence-electron chi connectivity index (χ0n) is 7.62. The molecule has 0 aliphatic heterocycles. The van der Waals surface area contributed by atoms with Crippen molar-refractivity contribution < 1.29 is 0 Å². The van der Waals surface area contributed by atoms with Crippen molar-refractivity contribution in [3.63, 3.8) is 0 Å². The zero-order valence-corrected chi connectivity index (χ0v) is 7.62. The first-order chi connectivity index (χ1) is 6.85. The van der Waals surface area contributed by atoms with Crippen LogP contribution >= 0.6 is 0 Å². The van der Waals surface area contributed by atoms with Crippen molar-refractivity contribution in [1.82, 2.24) is 0 Å². The van der Waals surface area contributed by atoms with Crippen molar-refractivity contribution in [2.75, 3.05) is 0 Å². The summed E-state index contributed by atoms with van der Waals surface area (Å²) >= 11 is 0. The van der Waals surface area contributed by atoms with E-state index in [-0.39, 0.29) is 0 Å². The molecule has 2 aromatic carbocycles. The Labute approximate surface area is 83.6 Å². The van der Waals surface area contributed by atoms with Gasteiger partial charge in [-0.05, 0) is 22.9 Å². The highest BCUT2D eigenvalue weighted by atomic mass is 14.0. The first kappa shape index (κ1) is 8.42. The molecule has 0 atom stereocenters. The summed E-state index contributed by atoms with van der Waals surface area (Å²) in [6.45, 7) is 0. The van der Waals surface area contributed by atoms with Gasteiger partial charge < -0.3 is 0 Å². The lowest BCUT2D eigenvalue weighted by Gasteiger charge is -2.01. The molecular weight excluding hydrogens is 168 g/mol. The van der Waals surface area contributed by atoms with Crippen LogP contribution in [0.5, 0.6) is 0 Å². The van der Waals surface area contributed by atoms with E-state index in [1.807, 2.05) is 36.4 Å². The molecular formula is C14H8. The Kier molecular flexibility index (Phi) is 1.98. The van der Waals surface area contributed by atoms with Crippen molar-refractivity contribution in [2.24, 2.45) is 0 Å². The van der Waals surface area contributed by atoms with Crippen LogP contribution < -0.4 is 0 Å². The highest BCUT2D eigenvalue weighted by molar-refractivity contribution is 5.85. The number of rotatable bonds is 0. The topological polar surface area (TPSA) is 0 Å². The SMILES string of the molecule is C#Cc1cc2ccccc2cc1C#C. The van der Waals surface area contributed by atoms with Crippen molar-refractivity contribution >= 4 is 10.8 Å². The molecule has 0 aliphatic rings. The van der Waals surface area contributed by atoms with Gasteiger partial charge in [0.05, 0.1) is 0 Å². The van der Waals surface area contributed by atoms with E-state index in [4.69, 9.17) is 12.8 Å². The maximum absolute atomic E-state index is 5.37. The summed E-state index contributed by atoms with van der Waals surface area (Å²) in [6.07, 6.45) is 10.7. The second kappa shape index (κ2) is 3.29. The highest BCUT2D eigenvalue weighted by Gasteiger charge is 1.99. The normalized spacial score (nSPS) is 9.29. The van der Waals surface area contributed by atoms with Gasteiger partial charge in [0.2, 0.25) is 0 Å². The van der Waals surface area contributed by atoms with Gasteiger partial charge in [0.1, 0.15) is 0 Å². The van der Waals surface area contributed by atoms with Crippen LogP contribution in [0.15, 0.2) is 36.4 Å². The van der Waals surface area contributed by atoms with Crippen LogP contribution in [-0.2, 0) is 0 Å². The number of hydrogen-bond acceptors (Lipinski definition) is 0.